The zero-order chi connectivity index (χ0) is 15.5. The third-order valence-corrected chi connectivity index (χ3v) is 7.22. The van der Waals surface area contributed by atoms with Crippen LogP contribution in [0.1, 0.15) is 44.2 Å². The van der Waals surface area contributed by atoms with E-state index in [4.69, 9.17) is 4.74 Å². The molecule has 3 aliphatic rings. The van der Waals surface area contributed by atoms with E-state index in [9.17, 15) is 8.42 Å². The largest absolute Gasteiger partial charge is 0.487 e. The third-order valence-electron chi connectivity index (χ3n) is 5.58. The Balaban J connectivity index is 1.51. The first kappa shape index (κ1) is 14.6. The second-order valence-corrected chi connectivity index (χ2v) is 10.0. The summed E-state index contributed by atoms with van der Waals surface area (Å²) in [5, 5.41) is 0. The van der Waals surface area contributed by atoms with Gasteiger partial charge in [-0.3, -0.25) is 0 Å². The Kier molecular flexibility index (Phi) is 3.13. The van der Waals surface area contributed by atoms with Crippen molar-refractivity contribution >= 4 is 9.84 Å². The van der Waals surface area contributed by atoms with Crippen molar-refractivity contribution in [3.63, 3.8) is 0 Å². The van der Waals surface area contributed by atoms with E-state index in [2.05, 4.69) is 13.8 Å². The lowest BCUT2D eigenvalue weighted by Crippen LogP contribution is -2.25. The molecule has 1 aliphatic heterocycles. The van der Waals surface area contributed by atoms with E-state index in [0.717, 1.165) is 23.3 Å². The molecule has 4 heteroatoms. The van der Waals surface area contributed by atoms with Crippen LogP contribution in [-0.2, 0) is 22.0 Å². The maximum Gasteiger partial charge on any atom is 0.154 e. The summed E-state index contributed by atoms with van der Waals surface area (Å²) in [4.78, 5) is 0. The van der Waals surface area contributed by atoms with Gasteiger partial charge < -0.3 is 4.74 Å². The van der Waals surface area contributed by atoms with Gasteiger partial charge in [-0.25, -0.2) is 8.42 Å². The number of hydrogen-bond donors (Lipinski definition) is 0. The van der Waals surface area contributed by atoms with Crippen LogP contribution in [-0.4, -0.2) is 19.8 Å². The normalized spacial score (nSPS) is 31.5. The van der Waals surface area contributed by atoms with Gasteiger partial charge in [0.1, 0.15) is 11.4 Å². The molecule has 0 spiro atoms. The van der Waals surface area contributed by atoms with Crippen molar-refractivity contribution in [2.24, 2.45) is 17.8 Å². The average Bonchev–Trinajstić information content (AvgIpc) is 2.77. The van der Waals surface area contributed by atoms with Crippen LogP contribution < -0.4 is 4.74 Å². The Bertz CT molecular complexity index is 695. The number of benzene rings is 1. The van der Waals surface area contributed by atoms with Crippen molar-refractivity contribution in [1.29, 1.82) is 0 Å². The molecule has 2 aliphatic carbocycles. The number of rotatable bonds is 4. The van der Waals surface area contributed by atoms with Crippen molar-refractivity contribution in [2.45, 2.75) is 50.9 Å². The molecule has 2 saturated carbocycles. The van der Waals surface area contributed by atoms with Crippen molar-refractivity contribution in [3.05, 3.63) is 29.3 Å². The molecule has 120 valence electrons. The summed E-state index contributed by atoms with van der Waals surface area (Å²) in [6.45, 7) is 4.10. The van der Waals surface area contributed by atoms with Crippen LogP contribution in [0.15, 0.2) is 18.2 Å². The number of hydrogen-bond acceptors (Lipinski definition) is 3. The van der Waals surface area contributed by atoms with Gasteiger partial charge in [0, 0.05) is 12.0 Å². The van der Waals surface area contributed by atoms with Crippen molar-refractivity contribution < 1.29 is 13.2 Å². The van der Waals surface area contributed by atoms with Gasteiger partial charge in [0.25, 0.3) is 0 Å². The summed E-state index contributed by atoms with van der Waals surface area (Å²) in [5.74, 6) is 3.15. The van der Waals surface area contributed by atoms with E-state index < -0.39 is 9.84 Å². The number of sulfone groups is 1. The van der Waals surface area contributed by atoms with Crippen LogP contribution in [0.2, 0.25) is 0 Å². The fourth-order valence-corrected chi connectivity index (χ4v) is 6.50. The molecule has 22 heavy (non-hydrogen) atoms. The average molecular weight is 320 g/mol. The highest BCUT2D eigenvalue weighted by Crippen LogP contribution is 2.58. The zero-order valence-corrected chi connectivity index (χ0v) is 14.2. The molecular weight excluding hydrogens is 296 g/mol. The van der Waals surface area contributed by atoms with Crippen LogP contribution in [0.5, 0.6) is 5.75 Å². The minimum atomic E-state index is -3.05. The van der Waals surface area contributed by atoms with Crippen LogP contribution in [0.25, 0.3) is 0 Å². The van der Waals surface area contributed by atoms with E-state index in [1.165, 1.54) is 19.3 Å². The van der Waals surface area contributed by atoms with Crippen molar-refractivity contribution in [2.75, 3.05) is 5.75 Å². The standard InChI is InChI=1S/C18H24O3S/c1-18(2)9-12-5-3-6-13(17(12)21-18)10-22(19,20)11-16-14-7-4-8-15(14)16/h3,5-6,14-16H,4,7-11H2,1-2H3. The Labute approximate surface area is 133 Å². The molecule has 4 rings (SSSR count). The first-order chi connectivity index (χ1) is 10.3. The van der Waals surface area contributed by atoms with Gasteiger partial charge in [-0.15, -0.1) is 0 Å². The fraction of sp³-hybridized carbons (Fsp3) is 0.667. The third kappa shape index (κ3) is 2.55. The summed E-state index contributed by atoms with van der Waals surface area (Å²) in [5.41, 5.74) is 1.75. The van der Waals surface area contributed by atoms with E-state index in [1.807, 2.05) is 18.2 Å². The Morgan fingerprint density at radius 3 is 2.68 bits per heavy atom. The smallest absolute Gasteiger partial charge is 0.154 e. The van der Waals surface area contributed by atoms with Crippen LogP contribution in [0.4, 0.5) is 0 Å². The van der Waals surface area contributed by atoms with Gasteiger partial charge in [-0.1, -0.05) is 24.6 Å². The Hall–Kier alpha value is -1.03. The highest BCUT2D eigenvalue weighted by atomic mass is 32.2. The summed E-state index contributed by atoms with van der Waals surface area (Å²) in [6.07, 6.45) is 4.62. The van der Waals surface area contributed by atoms with E-state index in [0.29, 0.717) is 23.5 Å². The van der Waals surface area contributed by atoms with Gasteiger partial charge >= 0.3 is 0 Å². The van der Waals surface area contributed by atoms with Crippen LogP contribution in [0.3, 0.4) is 0 Å². The molecule has 2 atom stereocenters. The molecule has 0 N–H and O–H groups in total. The monoisotopic (exact) mass is 320 g/mol. The molecule has 1 aromatic rings. The highest BCUT2D eigenvalue weighted by Gasteiger charge is 2.53. The minimum Gasteiger partial charge on any atom is -0.487 e. The fourth-order valence-electron chi connectivity index (χ4n) is 4.60. The second kappa shape index (κ2) is 4.73. The molecular formula is C18H24O3S. The van der Waals surface area contributed by atoms with E-state index >= 15 is 0 Å². The molecule has 0 aromatic heterocycles. The molecule has 0 saturated heterocycles. The Morgan fingerprint density at radius 1 is 1.23 bits per heavy atom. The Morgan fingerprint density at radius 2 is 1.95 bits per heavy atom. The minimum absolute atomic E-state index is 0.127. The topological polar surface area (TPSA) is 43.4 Å². The molecule has 2 unspecified atom stereocenters. The van der Waals surface area contributed by atoms with Crippen molar-refractivity contribution in [3.8, 4) is 5.75 Å². The van der Waals surface area contributed by atoms with Gasteiger partial charge in [0.05, 0.1) is 11.5 Å². The molecule has 3 nitrogen and oxygen atoms in total. The van der Waals surface area contributed by atoms with Crippen LogP contribution >= 0.6 is 0 Å². The van der Waals surface area contributed by atoms with E-state index in [1.54, 1.807) is 0 Å². The molecule has 0 bridgehead atoms. The number of ether oxygens (including phenoxy) is 1. The predicted octanol–water partition coefficient (Wildman–Crippen LogP) is 3.36. The molecule has 0 radical (unpaired) electrons. The van der Waals surface area contributed by atoms with Crippen LogP contribution in [0, 0.1) is 17.8 Å². The second-order valence-electron chi connectivity index (χ2n) is 7.92. The zero-order valence-electron chi connectivity index (χ0n) is 13.3. The molecule has 1 heterocycles. The number of fused-ring (bicyclic) bond motifs is 2. The quantitative estimate of drug-likeness (QED) is 0.854. The first-order valence-electron chi connectivity index (χ1n) is 8.35. The summed E-state index contributed by atoms with van der Waals surface area (Å²) >= 11 is 0. The van der Waals surface area contributed by atoms with Gasteiger partial charge in [-0.2, -0.15) is 0 Å². The SMILES string of the molecule is CC1(C)Cc2cccc(CS(=O)(=O)CC3C4CCCC43)c2O1. The number of para-hydroxylation sites is 1. The molecule has 2 fully saturated rings. The lowest BCUT2D eigenvalue weighted by atomic mass is 10.0. The first-order valence-corrected chi connectivity index (χ1v) is 10.2. The van der Waals surface area contributed by atoms with Gasteiger partial charge in [0.15, 0.2) is 9.84 Å². The predicted molar refractivity (Wildman–Crippen MR) is 86.7 cm³/mol. The molecule has 1 aromatic carbocycles. The van der Waals surface area contributed by atoms with Gasteiger partial charge in [0.2, 0.25) is 0 Å². The maximum absolute atomic E-state index is 12.6. The summed E-state index contributed by atoms with van der Waals surface area (Å²) < 4.78 is 31.2. The summed E-state index contributed by atoms with van der Waals surface area (Å²) in [7, 11) is -3.05. The van der Waals surface area contributed by atoms with Gasteiger partial charge in [-0.05, 0) is 50.0 Å². The highest BCUT2D eigenvalue weighted by molar-refractivity contribution is 7.90. The summed E-state index contributed by atoms with van der Waals surface area (Å²) in [6, 6.07) is 5.91. The maximum atomic E-state index is 12.6. The lowest BCUT2D eigenvalue weighted by Gasteiger charge is -2.18. The van der Waals surface area contributed by atoms with Crippen molar-refractivity contribution in [1.82, 2.24) is 0 Å². The van der Waals surface area contributed by atoms with E-state index in [-0.39, 0.29) is 11.4 Å². The molecule has 0 amide bonds. The lowest BCUT2D eigenvalue weighted by molar-refractivity contribution is 0.137.